The van der Waals surface area contributed by atoms with Gasteiger partial charge in [-0.15, -0.1) is 0 Å². The van der Waals surface area contributed by atoms with Crippen molar-refractivity contribution in [1.82, 2.24) is 4.90 Å². The molecular formula is C23H23FN2O2. The minimum Gasteiger partial charge on any atom is -0.366 e. The molecule has 1 unspecified atom stereocenters. The number of nitrogens with two attached hydrogens (primary N) is 1. The molecule has 1 aliphatic heterocycles. The van der Waals surface area contributed by atoms with Crippen LogP contribution in [0.4, 0.5) is 4.39 Å². The van der Waals surface area contributed by atoms with Gasteiger partial charge in [0, 0.05) is 30.1 Å². The lowest BCUT2D eigenvalue weighted by atomic mass is 9.83. The smallest absolute Gasteiger partial charge is 0.249 e. The molecule has 2 aliphatic rings. The van der Waals surface area contributed by atoms with Crippen molar-refractivity contribution in [2.24, 2.45) is 5.73 Å². The van der Waals surface area contributed by atoms with E-state index in [1.165, 1.54) is 12.1 Å². The van der Waals surface area contributed by atoms with Crippen LogP contribution in [0.5, 0.6) is 0 Å². The van der Waals surface area contributed by atoms with E-state index < -0.39 is 11.7 Å². The van der Waals surface area contributed by atoms with Crippen LogP contribution in [0.1, 0.15) is 51.4 Å². The number of halogens is 1. The predicted molar refractivity (Wildman–Crippen MR) is 107 cm³/mol. The maximum Gasteiger partial charge on any atom is 0.249 e. The summed E-state index contributed by atoms with van der Waals surface area (Å²) in [7, 11) is 0. The average Bonchev–Trinajstić information content (AvgIpc) is 3.04. The third kappa shape index (κ3) is 2.91. The first-order valence-electron chi connectivity index (χ1n) is 9.57. The number of hydrogen-bond acceptors (Lipinski definition) is 2. The topological polar surface area (TPSA) is 63.4 Å². The second-order valence-electron chi connectivity index (χ2n) is 7.70. The lowest BCUT2D eigenvalue weighted by molar-refractivity contribution is -0.127. The van der Waals surface area contributed by atoms with Crippen molar-refractivity contribution in [2.75, 3.05) is 13.1 Å². The van der Waals surface area contributed by atoms with Gasteiger partial charge in [0.05, 0.1) is 0 Å². The largest absolute Gasteiger partial charge is 0.366 e. The summed E-state index contributed by atoms with van der Waals surface area (Å²) in [6, 6.07) is 7.36. The van der Waals surface area contributed by atoms with E-state index in [1.807, 2.05) is 19.1 Å². The number of benzene rings is 2. The van der Waals surface area contributed by atoms with Gasteiger partial charge >= 0.3 is 0 Å². The Balaban J connectivity index is 1.88. The van der Waals surface area contributed by atoms with Gasteiger partial charge in [-0.05, 0) is 60.6 Å². The molecule has 2 N–H and O–H groups in total. The van der Waals surface area contributed by atoms with Crippen LogP contribution in [0.3, 0.4) is 0 Å². The number of carbonyl (C=O) groups is 2. The van der Waals surface area contributed by atoms with Gasteiger partial charge in [0.25, 0.3) is 0 Å². The van der Waals surface area contributed by atoms with Gasteiger partial charge < -0.3 is 10.6 Å². The molecule has 0 radical (unpaired) electrons. The summed E-state index contributed by atoms with van der Waals surface area (Å²) in [6.45, 7) is 6.68. The molecule has 4 rings (SSSR count). The summed E-state index contributed by atoms with van der Waals surface area (Å²) in [5.74, 6) is -1.29. The Morgan fingerprint density at radius 1 is 1.32 bits per heavy atom. The molecular weight excluding hydrogens is 355 g/mol. The molecule has 144 valence electrons. The molecule has 0 saturated carbocycles. The second kappa shape index (κ2) is 6.89. The second-order valence-corrected chi connectivity index (χ2v) is 7.70. The van der Waals surface area contributed by atoms with Crippen LogP contribution in [-0.2, 0) is 11.2 Å². The number of carbonyl (C=O) groups excluding carboxylic acids is 2. The van der Waals surface area contributed by atoms with Crippen molar-refractivity contribution in [3.63, 3.8) is 0 Å². The summed E-state index contributed by atoms with van der Waals surface area (Å²) in [5.41, 5.74) is 11.2. The number of fused-ring (bicyclic) bond motifs is 3. The Hall–Kier alpha value is -2.95. The van der Waals surface area contributed by atoms with Gasteiger partial charge in [-0.25, -0.2) is 4.39 Å². The number of amides is 2. The number of primary amides is 1. The quantitative estimate of drug-likeness (QED) is 0.707. The van der Waals surface area contributed by atoms with Crippen molar-refractivity contribution >= 4 is 11.8 Å². The molecule has 0 spiro atoms. The minimum absolute atomic E-state index is 0.124. The van der Waals surface area contributed by atoms with E-state index in [9.17, 15) is 9.59 Å². The van der Waals surface area contributed by atoms with Gasteiger partial charge in [-0.2, -0.15) is 0 Å². The highest BCUT2D eigenvalue weighted by molar-refractivity contribution is 5.99. The zero-order valence-electron chi connectivity index (χ0n) is 15.9. The SMILES string of the molecule is C=CC(=O)N1CCCC(c2c(F)cc(C(N)=O)c3c2-c2ccc(C)cc2C3)C1. The molecule has 1 heterocycles. The fraction of sp³-hybridized carbons (Fsp3) is 0.304. The molecule has 1 fully saturated rings. The van der Waals surface area contributed by atoms with Crippen LogP contribution in [0, 0.1) is 12.7 Å². The molecule has 2 aromatic rings. The Morgan fingerprint density at radius 3 is 2.82 bits per heavy atom. The summed E-state index contributed by atoms with van der Waals surface area (Å²) < 4.78 is 15.3. The van der Waals surface area contributed by atoms with Crippen LogP contribution in [0.25, 0.3) is 11.1 Å². The van der Waals surface area contributed by atoms with Crippen molar-refractivity contribution in [1.29, 1.82) is 0 Å². The molecule has 5 heteroatoms. The van der Waals surface area contributed by atoms with Gasteiger partial charge in [0.15, 0.2) is 0 Å². The number of nitrogens with zero attached hydrogens (tertiary/aromatic N) is 1. The summed E-state index contributed by atoms with van der Waals surface area (Å²) in [5, 5.41) is 0. The zero-order chi connectivity index (χ0) is 20.0. The number of aryl methyl sites for hydroxylation is 1. The van der Waals surface area contributed by atoms with E-state index in [0.717, 1.165) is 40.7 Å². The van der Waals surface area contributed by atoms with Crippen molar-refractivity contribution < 1.29 is 14.0 Å². The zero-order valence-corrected chi connectivity index (χ0v) is 15.9. The van der Waals surface area contributed by atoms with E-state index >= 15 is 4.39 Å². The van der Waals surface area contributed by atoms with Crippen molar-refractivity contribution in [2.45, 2.75) is 32.1 Å². The molecule has 2 amide bonds. The van der Waals surface area contributed by atoms with Gasteiger partial charge in [0.1, 0.15) is 5.82 Å². The van der Waals surface area contributed by atoms with Crippen LogP contribution < -0.4 is 5.73 Å². The maximum atomic E-state index is 15.3. The fourth-order valence-corrected chi connectivity index (χ4v) is 4.66. The first kappa shape index (κ1) is 18.4. The average molecular weight is 378 g/mol. The Kier molecular flexibility index (Phi) is 4.53. The number of likely N-dealkylation sites (tertiary alicyclic amines) is 1. The minimum atomic E-state index is -0.613. The van der Waals surface area contributed by atoms with E-state index in [2.05, 4.69) is 12.6 Å². The van der Waals surface area contributed by atoms with E-state index in [1.54, 1.807) is 4.90 Å². The maximum absolute atomic E-state index is 15.3. The monoisotopic (exact) mass is 378 g/mol. The first-order valence-corrected chi connectivity index (χ1v) is 9.57. The van der Waals surface area contributed by atoms with Crippen LogP contribution in [-0.4, -0.2) is 29.8 Å². The van der Waals surface area contributed by atoms with Crippen LogP contribution >= 0.6 is 0 Å². The Labute approximate surface area is 163 Å². The van der Waals surface area contributed by atoms with Crippen LogP contribution in [0.2, 0.25) is 0 Å². The van der Waals surface area contributed by atoms with Gasteiger partial charge in [0.2, 0.25) is 11.8 Å². The molecule has 28 heavy (non-hydrogen) atoms. The normalized spacial score (nSPS) is 17.8. The highest BCUT2D eigenvalue weighted by Gasteiger charge is 2.34. The van der Waals surface area contributed by atoms with E-state index in [4.69, 9.17) is 5.73 Å². The number of hydrogen-bond donors (Lipinski definition) is 1. The highest BCUT2D eigenvalue weighted by Crippen LogP contribution is 2.46. The molecule has 4 nitrogen and oxygen atoms in total. The van der Waals surface area contributed by atoms with Crippen molar-refractivity contribution in [3.05, 3.63) is 70.6 Å². The standard InChI is InChI=1S/C23H23FN2O2/c1-3-20(27)26-8-4-5-14(12-26)21-19(24)11-18(23(25)28)17-10-15-9-13(2)6-7-16(15)22(17)21/h3,6-7,9,11,14H,1,4-5,8,10,12H2,2H3,(H2,25,28). The predicted octanol–water partition coefficient (Wildman–Crippen LogP) is 3.70. The third-order valence-corrected chi connectivity index (χ3v) is 5.90. The molecule has 0 bridgehead atoms. The molecule has 1 saturated heterocycles. The first-order chi connectivity index (χ1) is 13.4. The number of rotatable bonds is 3. The van der Waals surface area contributed by atoms with E-state index in [-0.39, 0.29) is 17.4 Å². The third-order valence-electron chi connectivity index (χ3n) is 5.90. The Morgan fingerprint density at radius 2 is 2.11 bits per heavy atom. The lowest BCUT2D eigenvalue weighted by Crippen LogP contribution is -2.38. The van der Waals surface area contributed by atoms with Gasteiger partial charge in [-0.1, -0.05) is 30.3 Å². The summed E-state index contributed by atoms with van der Waals surface area (Å²) in [6.07, 6.45) is 3.47. The molecule has 2 aromatic carbocycles. The lowest BCUT2D eigenvalue weighted by Gasteiger charge is -2.33. The molecule has 1 atom stereocenters. The van der Waals surface area contributed by atoms with Crippen LogP contribution in [0.15, 0.2) is 36.9 Å². The molecule has 0 aromatic heterocycles. The van der Waals surface area contributed by atoms with E-state index in [0.29, 0.717) is 25.1 Å². The van der Waals surface area contributed by atoms with Gasteiger partial charge in [-0.3, -0.25) is 9.59 Å². The molecule has 1 aliphatic carbocycles. The highest BCUT2D eigenvalue weighted by atomic mass is 19.1. The number of piperidine rings is 1. The van der Waals surface area contributed by atoms with Crippen molar-refractivity contribution in [3.8, 4) is 11.1 Å². The Bertz CT molecular complexity index is 1010. The summed E-state index contributed by atoms with van der Waals surface area (Å²) >= 11 is 0. The summed E-state index contributed by atoms with van der Waals surface area (Å²) in [4.78, 5) is 25.8. The fourth-order valence-electron chi connectivity index (χ4n) is 4.66.